The SMILES string of the molecule is [CaH2].[MgH2].[Ni].[Y]. The van der Waals surface area contributed by atoms with Crippen LogP contribution in [0.25, 0.3) is 0 Å². The first-order chi connectivity index (χ1) is 0. The van der Waals surface area contributed by atoms with Gasteiger partial charge in [-0.05, 0) is 0 Å². The molecule has 0 aromatic heterocycles. The fourth-order valence-electron chi connectivity index (χ4n) is 0. The van der Waals surface area contributed by atoms with Crippen molar-refractivity contribution >= 4 is 60.8 Å². The summed E-state index contributed by atoms with van der Waals surface area (Å²) in [5.41, 5.74) is 0. The minimum Gasteiger partial charge on any atom is 0 e. The third-order valence-corrected chi connectivity index (χ3v) is 0. The molecular weight excluding hydrogens is 212 g/mol. The minimum atomic E-state index is 0. The molecule has 4 heteroatoms. The fourth-order valence-corrected chi connectivity index (χ4v) is 0. The first-order valence-corrected chi connectivity index (χ1v) is 0. The van der Waals surface area contributed by atoms with Gasteiger partial charge in [-0.1, -0.05) is 0 Å². The van der Waals surface area contributed by atoms with Crippen LogP contribution in [0.2, 0.25) is 0 Å². The normalized spacial score (nSPS) is 0. The summed E-state index contributed by atoms with van der Waals surface area (Å²) in [5.74, 6) is 0. The fraction of sp³-hybridized carbons (Fsp3) is 0. The topological polar surface area (TPSA) is 0 Å². The Labute approximate surface area is 107 Å². The van der Waals surface area contributed by atoms with Crippen LogP contribution in [0.1, 0.15) is 0 Å². The van der Waals surface area contributed by atoms with Crippen molar-refractivity contribution in [1.82, 2.24) is 0 Å². The van der Waals surface area contributed by atoms with Crippen LogP contribution >= 0.6 is 0 Å². The molecule has 0 aliphatic carbocycles. The van der Waals surface area contributed by atoms with Crippen molar-refractivity contribution in [3.63, 3.8) is 0 Å². The average molecular weight is 216 g/mol. The average Bonchev–Trinajstić information content (AvgIpc) is 0. The van der Waals surface area contributed by atoms with Crippen molar-refractivity contribution in [2.45, 2.75) is 0 Å². The van der Waals surface area contributed by atoms with Gasteiger partial charge in [-0.15, -0.1) is 0 Å². The van der Waals surface area contributed by atoms with E-state index in [1.54, 1.807) is 0 Å². The first-order valence-electron chi connectivity index (χ1n) is 0. The predicted molar refractivity (Wildman–Crippen MR) is 17.1 cm³/mol. The Kier molecular flexibility index (Phi) is 102. The molecule has 1 radical (unpaired) electrons. The Morgan fingerprint density at radius 2 is 1.00 bits per heavy atom. The molecule has 0 amide bonds. The summed E-state index contributed by atoms with van der Waals surface area (Å²) in [5, 5.41) is 0. The largest absolute Gasteiger partial charge is 0.316 e. The molecule has 4 heavy (non-hydrogen) atoms. The standard InChI is InChI=1S/Ca.Mg.Ni.Y.4H. The molecule has 0 unspecified atom stereocenters. The molecule has 0 saturated heterocycles. The zero-order valence-electron chi connectivity index (χ0n) is 0.894. The summed E-state index contributed by atoms with van der Waals surface area (Å²) < 4.78 is 0. The molecule has 0 aromatic carbocycles. The van der Waals surface area contributed by atoms with Crippen LogP contribution in [0, 0.1) is 0 Å². The molecular formula is H4CaMgNiY. The maximum Gasteiger partial charge on any atom is 0.316 e. The van der Waals surface area contributed by atoms with Gasteiger partial charge < -0.3 is 0 Å². The second-order valence-electron chi connectivity index (χ2n) is 0. The van der Waals surface area contributed by atoms with E-state index >= 15 is 0 Å². The van der Waals surface area contributed by atoms with Crippen LogP contribution < -0.4 is 0 Å². The molecule has 0 spiro atoms. The minimum absolute atomic E-state index is 0. The molecule has 0 aliphatic rings. The third-order valence-electron chi connectivity index (χ3n) is 0. The van der Waals surface area contributed by atoms with Crippen LogP contribution in [0.3, 0.4) is 0 Å². The van der Waals surface area contributed by atoms with Crippen LogP contribution in [0.5, 0.6) is 0 Å². The van der Waals surface area contributed by atoms with E-state index < -0.39 is 0 Å². The van der Waals surface area contributed by atoms with Gasteiger partial charge in [0.1, 0.15) is 0 Å². The number of hydrogen-bond donors (Lipinski definition) is 0. The molecule has 0 atom stereocenters. The Morgan fingerprint density at radius 1 is 1.00 bits per heavy atom. The maximum atomic E-state index is 0. The van der Waals surface area contributed by atoms with Gasteiger partial charge in [0, 0.05) is 49.2 Å². The quantitative estimate of drug-likeness (QED) is 0.417. The van der Waals surface area contributed by atoms with Gasteiger partial charge in [-0.2, -0.15) is 0 Å². The van der Waals surface area contributed by atoms with Crippen LogP contribution in [0.15, 0.2) is 0 Å². The summed E-state index contributed by atoms with van der Waals surface area (Å²) in [4.78, 5) is 0. The predicted octanol–water partition coefficient (Wildman–Crippen LogP) is -1.84. The first kappa shape index (κ1) is 25.5. The Balaban J connectivity index is 0. The smallest absolute Gasteiger partial charge is 0 e. The molecule has 0 nitrogen and oxygen atoms in total. The van der Waals surface area contributed by atoms with Crippen molar-refractivity contribution in [2.24, 2.45) is 0 Å². The molecule has 0 heterocycles. The van der Waals surface area contributed by atoms with Crippen molar-refractivity contribution in [3.8, 4) is 0 Å². The van der Waals surface area contributed by atoms with Crippen LogP contribution in [-0.2, 0) is 49.2 Å². The van der Waals surface area contributed by atoms with Gasteiger partial charge in [-0.25, -0.2) is 0 Å². The van der Waals surface area contributed by atoms with Crippen LogP contribution in [-0.4, -0.2) is 60.8 Å². The van der Waals surface area contributed by atoms with Crippen LogP contribution in [0.4, 0.5) is 0 Å². The number of rotatable bonds is 0. The molecule has 0 N–H and O–H groups in total. The van der Waals surface area contributed by atoms with E-state index in [0.29, 0.717) is 0 Å². The molecule has 0 saturated carbocycles. The molecule has 0 bridgehead atoms. The summed E-state index contributed by atoms with van der Waals surface area (Å²) >= 11 is 0. The van der Waals surface area contributed by atoms with E-state index in [9.17, 15) is 0 Å². The Morgan fingerprint density at radius 3 is 1.00 bits per heavy atom. The summed E-state index contributed by atoms with van der Waals surface area (Å²) in [6, 6.07) is 0. The second-order valence-corrected chi connectivity index (χ2v) is 0. The third kappa shape index (κ3) is 9.16. The second kappa shape index (κ2) is 16.0. The van der Waals surface area contributed by atoms with E-state index in [2.05, 4.69) is 0 Å². The van der Waals surface area contributed by atoms with E-state index in [0.717, 1.165) is 0 Å². The Hall–Kier alpha value is 3.62. The van der Waals surface area contributed by atoms with Crippen molar-refractivity contribution in [1.29, 1.82) is 0 Å². The zero-order chi connectivity index (χ0) is 0. The van der Waals surface area contributed by atoms with E-state index in [4.69, 9.17) is 0 Å². The molecule has 0 fully saturated rings. The maximum absolute atomic E-state index is 0. The molecule has 0 rings (SSSR count). The van der Waals surface area contributed by atoms with Gasteiger partial charge in [0.05, 0.1) is 0 Å². The van der Waals surface area contributed by atoms with E-state index in [-0.39, 0.29) is 110 Å². The van der Waals surface area contributed by atoms with Crippen molar-refractivity contribution in [3.05, 3.63) is 0 Å². The summed E-state index contributed by atoms with van der Waals surface area (Å²) in [6.45, 7) is 0. The van der Waals surface area contributed by atoms with Crippen molar-refractivity contribution in [2.75, 3.05) is 0 Å². The molecule has 0 aromatic rings. The van der Waals surface area contributed by atoms with Gasteiger partial charge in [0.15, 0.2) is 0 Å². The molecule has 0 aliphatic heterocycles. The summed E-state index contributed by atoms with van der Waals surface area (Å²) in [7, 11) is 0. The van der Waals surface area contributed by atoms with E-state index in [1.165, 1.54) is 0 Å². The van der Waals surface area contributed by atoms with Gasteiger partial charge in [-0.3, -0.25) is 0 Å². The Bertz CT molecular complexity index is 8.00. The van der Waals surface area contributed by atoms with Crippen molar-refractivity contribution < 1.29 is 49.2 Å². The monoisotopic (exact) mass is 215 g/mol. The molecule has 21 valence electrons. The summed E-state index contributed by atoms with van der Waals surface area (Å²) in [6.07, 6.45) is 0. The van der Waals surface area contributed by atoms with Gasteiger partial charge >= 0.3 is 60.8 Å². The number of hydrogen-bond acceptors (Lipinski definition) is 0. The van der Waals surface area contributed by atoms with Gasteiger partial charge in [0.25, 0.3) is 0 Å². The zero-order valence-corrected chi connectivity index (χ0v) is 4.72. The van der Waals surface area contributed by atoms with E-state index in [1.807, 2.05) is 0 Å². The van der Waals surface area contributed by atoms with Gasteiger partial charge in [0.2, 0.25) is 0 Å².